The predicted octanol–water partition coefficient (Wildman–Crippen LogP) is 3.67. The molecule has 1 aliphatic carbocycles. The Balaban J connectivity index is 0.000000377. The van der Waals surface area contributed by atoms with E-state index in [4.69, 9.17) is 10.2 Å². The van der Waals surface area contributed by atoms with Gasteiger partial charge in [-0.05, 0) is 12.8 Å². The van der Waals surface area contributed by atoms with Crippen molar-refractivity contribution in [2.45, 2.75) is 39.5 Å². The molecule has 2 atom stereocenters. The first kappa shape index (κ1) is 18.2. The predicted molar refractivity (Wildman–Crippen MR) is 78.5 cm³/mol. The van der Waals surface area contributed by atoms with Gasteiger partial charge in [-0.15, -0.1) is 0 Å². The van der Waals surface area contributed by atoms with E-state index in [-0.39, 0.29) is 0 Å². The van der Waals surface area contributed by atoms with E-state index >= 15 is 0 Å². The largest absolute Gasteiger partial charge is 0.481 e. The number of hydrogen-bond acceptors (Lipinski definition) is 2. The minimum absolute atomic E-state index is 0.506. The van der Waals surface area contributed by atoms with E-state index < -0.39 is 23.8 Å². The number of carbonyl (C=O) groups is 2. The van der Waals surface area contributed by atoms with Gasteiger partial charge in [0.15, 0.2) is 0 Å². The van der Waals surface area contributed by atoms with Gasteiger partial charge in [0.05, 0.1) is 11.8 Å². The number of carboxylic acid groups (broad SMARTS) is 2. The second kappa shape index (κ2) is 11.0. The lowest BCUT2D eigenvalue weighted by molar-refractivity contribution is -0.155. The molecule has 2 N–H and O–H groups in total. The van der Waals surface area contributed by atoms with Gasteiger partial charge in [0, 0.05) is 0 Å². The van der Waals surface area contributed by atoms with Gasteiger partial charge in [0.25, 0.3) is 0 Å². The summed E-state index contributed by atoms with van der Waals surface area (Å²) in [7, 11) is 0. The van der Waals surface area contributed by atoms with E-state index in [0.717, 1.165) is 12.8 Å². The smallest absolute Gasteiger partial charge is 0.307 e. The Morgan fingerprint density at radius 1 is 0.750 bits per heavy atom. The Morgan fingerprint density at radius 3 is 1.20 bits per heavy atom. The van der Waals surface area contributed by atoms with E-state index in [1.807, 2.05) is 50.2 Å². The van der Waals surface area contributed by atoms with Crippen LogP contribution in [0.2, 0.25) is 0 Å². The molecule has 0 aliphatic heterocycles. The highest BCUT2D eigenvalue weighted by atomic mass is 16.4. The topological polar surface area (TPSA) is 74.6 Å². The van der Waals surface area contributed by atoms with E-state index in [1.54, 1.807) is 0 Å². The quantitative estimate of drug-likeness (QED) is 0.866. The average molecular weight is 280 g/mol. The summed E-state index contributed by atoms with van der Waals surface area (Å²) in [6, 6.07) is 12.0. The van der Waals surface area contributed by atoms with Crippen molar-refractivity contribution in [1.29, 1.82) is 0 Å². The molecule has 1 aromatic rings. The number of hydrogen-bond donors (Lipinski definition) is 2. The summed E-state index contributed by atoms with van der Waals surface area (Å²) in [6.07, 6.45) is 2.68. The highest BCUT2D eigenvalue weighted by Gasteiger charge is 2.35. The third kappa shape index (κ3) is 6.92. The summed E-state index contributed by atoms with van der Waals surface area (Å²) < 4.78 is 0. The molecular weight excluding hydrogens is 256 g/mol. The monoisotopic (exact) mass is 280 g/mol. The summed E-state index contributed by atoms with van der Waals surface area (Å²) in [5.41, 5.74) is 0. The lowest BCUT2D eigenvalue weighted by Gasteiger charge is -2.24. The lowest BCUT2D eigenvalue weighted by Crippen LogP contribution is -2.32. The van der Waals surface area contributed by atoms with E-state index in [1.165, 1.54) is 0 Å². The van der Waals surface area contributed by atoms with Gasteiger partial charge in [0.1, 0.15) is 0 Å². The molecule has 0 bridgehead atoms. The highest BCUT2D eigenvalue weighted by Crippen LogP contribution is 2.30. The van der Waals surface area contributed by atoms with Gasteiger partial charge in [-0.1, -0.05) is 63.1 Å². The molecule has 4 nitrogen and oxygen atoms in total. The number of rotatable bonds is 2. The Labute approximate surface area is 120 Å². The standard InChI is InChI=1S/C8H12O4.C6H6.C2H6/c9-7(10)5-3-1-2-4-6(5)8(11)12;1-2-4-6-5-3-1;1-2/h5-6H,1-4H2,(H,9,10)(H,11,12);1-6H;1-2H3/t5-,6+;;. The van der Waals surface area contributed by atoms with Crippen molar-refractivity contribution < 1.29 is 19.8 Å². The molecule has 1 fully saturated rings. The molecule has 2 rings (SSSR count). The van der Waals surface area contributed by atoms with Crippen LogP contribution in [-0.4, -0.2) is 22.2 Å². The Bertz CT molecular complexity index is 327. The third-order valence-corrected chi connectivity index (χ3v) is 3.07. The molecule has 0 heterocycles. The Kier molecular flexibility index (Phi) is 10.0. The second-order valence-electron chi connectivity index (χ2n) is 4.33. The molecule has 112 valence electrons. The summed E-state index contributed by atoms with van der Waals surface area (Å²) in [4.78, 5) is 21.2. The van der Waals surface area contributed by atoms with Crippen LogP contribution in [0.25, 0.3) is 0 Å². The maximum Gasteiger partial charge on any atom is 0.307 e. The molecule has 0 amide bonds. The number of carboxylic acids is 2. The van der Waals surface area contributed by atoms with Crippen LogP contribution in [-0.2, 0) is 9.59 Å². The third-order valence-electron chi connectivity index (χ3n) is 3.07. The fourth-order valence-electron chi connectivity index (χ4n) is 2.11. The van der Waals surface area contributed by atoms with Crippen LogP contribution < -0.4 is 0 Å². The van der Waals surface area contributed by atoms with Crippen molar-refractivity contribution in [3.8, 4) is 0 Å². The Morgan fingerprint density at radius 2 is 1.00 bits per heavy atom. The first-order valence-electron chi connectivity index (χ1n) is 7.08. The fraction of sp³-hybridized carbons (Fsp3) is 0.500. The van der Waals surface area contributed by atoms with Gasteiger partial charge in [-0.3, -0.25) is 9.59 Å². The van der Waals surface area contributed by atoms with Crippen molar-refractivity contribution >= 4 is 11.9 Å². The van der Waals surface area contributed by atoms with Gasteiger partial charge in [-0.25, -0.2) is 0 Å². The van der Waals surface area contributed by atoms with E-state index in [9.17, 15) is 9.59 Å². The van der Waals surface area contributed by atoms with Crippen LogP contribution in [0.5, 0.6) is 0 Å². The van der Waals surface area contributed by atoms with Crippen LogP contribution >= 0.6 is 0 Å². The highest BCUT2D eigenvalue weighted by molar-refractivity contribution is 5.80. The molecular formula is C16H24O4. The number of benzene rings is 1. The normalized spacial score (nSPS) is 20.5. The minimum Gasteiger partial charge on any atom is -0.481 e. The van der Waals surface area contributed by atoms with Crippen LogP contribution in [0.3, 0.4) is 0 Å². The van der Waals surface area contributed by atoms with Gasteiger partial charge in [0.2, 0.25) is 0 Å². The van der Waals surface area contributed by atoms with Gasteiger partial charge in [-0.2, -0.15) is 0 Å². The molecule has 0 unspecified atom stereocenters. The van der Waals surface area contributed by atoms with Crippen molar-refractivity contribution in [2.24, 2.45) is 11.8 Å². The molecule has 1 aliphatic rings. The van der Waals surface area contributed by atoms with Crippen molar-refractivity contribution in [3.63, 3.8) is 0 Å². The lowest BCUT2D eigenvalue weighted by atomic mass is 9.79. The maximum atomic E-state index is 10.6. The first-order valence-corrected chi connectivity index (χ1v) is 7.08. The molecule has 0 radical (unpaired) electrons. The van der Waals surface area contributed by atoms with Crippen molar-refractivity contribution in [2.75, 3.05) is 0 Å². The zero-order valence-corrected chi connectivity index (χ0v) is 12.2. The van der Waals surface area contributed by atoms with Crippen LogP contribution in [0.15, 0.2) is 36.4 Å². The van der Waals surface area contributed by atoms with E-state index in [2.05, 4.69) is 0 Å². The molecule has 4 heteroatoms. The van der Waals surface area contributed by atoms with Crippen LogP contribution in [0, 0.1) is 11.8 Å². The van der Waals surface area contributed by atoms with Crippen molar-refractivity contribution in [3.05, 3.63) is 36.4 Å². The second-order valence-corrected chi connectivity index (χ2v) is 4.33. The Hall–Kier alpha value is -1.84. The molecule has 20 heavy (non-hydrogen) atoms. The fourth-order valence-corrected chi connectivity index (χ4v) is 2.11. The maximum absolute atomic E-state index is 10.6. The number of aliphatic carboxylic acids is 2. The van der Waals surface area contributed by atoms with Crippen LogP contribution in [0.1, 0.15) is 39.5 Å². The van der Waals surface area contributed by atoms with E-state index in [0.29, 0.717) is 12.8 Å². The summed E-state index contributed by atoms with van der Waals surface area (Å²) in [6.45, 7) is 4.00. The summed E-state index contributed by atoms with van der Waals surface area (Å²) in [5.74, 6) is -3.28. The zero-order chi connectivity index (χ0) is 15.4. The molecule has 0 spiro atoms. The SMILES string of the molecule is CC.O=C(O)[C@H]1CCCC[C@H]1C(=O)O.c1ccccc1. The minimum atomic E-state index is -0.970. The summed E-state index contributed by atoms with van der Waals surface area (Å²) in [5, 5.41) is 17.4. The van der Waals surface area contributed by atoms with Crippen LogP contribution in [0.4, 0.5) is 0 Å². The molecule has 1 saturated carbocycles. The molecule has 0 saturated heterocycles. The van der Waals surface area contributed by atoms with Gasteiger partial charge >= 0.3 is 11.9 Å². The van der Waals surface area contributed by atoms with Gasteiger partial charge < -0.3 is 10.2 Å². The molecule has 0 aromatic heterocycles. The first-order chi connectivity index (χ1) is 9.63. The summed E-state index contributed by atoms with van der Waals surface area (Å²) >= 11 is 0. The van der Waals surface area contributed by atoms with Crippen molar-refractivity contribution in [1.82, 2.24) is 0 Å². The zero-order valence-electron chi connectivity index (χ0n) is 12.2. The molecule has 1 aromatic carbocycles. The average Bonchev–Trinajstić information content (AvgIpc) is 2.51.